The molecule has 6 heteroatoms. The number of carbonyl (C=O) groups excluding carboxylic acids is 1. The van der Waals surface area contributed by atoms with Crippen molar-refractivity contribution in [1.82, 2.24) is 5.32 Å². The Bertz CT molecular complexity index is 542. The minimum absolute atomic E-state index is 0.183. The molecule has 0 aromatic heterocycles. The van der Waals surface area contributed by atoms with E-state index in [1.54, 1.807) is 12.1 Å². The number of carbonyl (C=O) groups is 2. The predicted octanol–water partition coefficient (Wildman–Crippen LogP) is 2.09. The van der Waals surface area contributed by atoms with E-state index in [1.807, 2.05) is 0 Å². The van der Waals surface area contributed by atoms with Crippen molar-refractivity contribution in [2.75, 3.05) is 6.54 Å². The number of amides is 1. The topological polar surface area (TPSA) is 66.4 Å². The van der Waals surface area contributed by atoms with Crippen LogP contribution < -0.4 is 5.32 Å². The van der Waals surface area contributed by atoms with Crippen molar-refractivity contribution in [2.45, 2.75) is 25.7 Å². The van der Waals surface area contributed by atoms with E-state index in [0.29, 0.717) is 6.42 Å². The first-order chi connectivity index (χ1) is 9.26. The summed E-state index contributed by atoms with van der Waals surface area (Å²) >= 11 is 0. The summed E-state index contributed by atoms with van der Waals surface area (Å²) in [5.74, 6) is -4.54. The fraction of sp³-hybridized carbons (Fsp3) is 0.429. The number of halogens is 2. The standard InChI is InChI=1S/C14H15F2NO3/c1-13(8-14(13,15)16)12(20)17-7-6-9-2-4-10(5-3-9)11(18)19/h2-5H,6-8H2,1H3,(H,17,20)(H,18,19)/t13-/m1/s1. The Morgan fingerprint density at radius 1 is 1.30 bits per heavy atom. The number of hydrogen-bond acceptors (Lipinski definition) is 2. The summed E-state index contributed by atoms with van der Waals surface area (Å²) in [6, 6.07) is 6.22. The van der Waals surface area contributed by atoms with Crippen LogP contribution in [0.3, 0.4) is 0 Å². The molecule has 1 aromatic rings. The molecule has 1 aromatic carbocycles. The van der Waals surface area contributed by atoms with E-state index >= 15 is 0 Å². The second-order valence-corrected chi connectivity index (χ2v) is 5.22. The fourth-order valence-corrected chi connectivity index (χ4v) is 1.98. The summed E-state index contributed by atoms with van der Waals surface area (Å²) < 4.78 is 26.0. The number of rotatable bonds is 5. The maximum absolute atomic E-state index is 13.0. The van der Waals surface area contributed by atoms with Gasteiger partial charge in [0.05, 0.1) is 5.56 Å². The molecule has 1 aliphatic rings. The lowest BCUT2D eigenvalue weighted by Gasteiger charge is -2.11. The van der Waals surface area contributed by atoms with Crippen molar-refractivity contribution in [2.24, 2.45) is 5.41 Å². The third-order valence-corrected chi connectivity index (χ3v) is 3.66. The second-order valence-electron chi connectivity index (χ2n) is 5.22. The molecule has 0 radical (unpaired) electrons. The molecule has 0 spiro atoms. The monoisotopic (exact) mass is 283 g/mol. The Kier molecular flexibility index (Phi) is 3.50. The average Bonchev–Trinajstić information content (AvgIpc) is 2.90. The van der Waals surface area contributed by atoms with Crippen LogP contribution in [0.15, 0.2) is 24.3 Å². The summed E-state index contributed by atoms with van der Waals surface area (Å²) in [6.45, 7) is 1.50. The molecule has 1 aliphatic carbocycles. The van der Waals surface area contributed by atoms with Gasteiger partial charge in [0.1, 0.15) is 5.41 Å². The van der Waals surface area contributed by atoms with Crippen molar-refractivity contribution in [1.29, 1.82) is 0 Å². The third kappa shape index (κ3) is 2.64. The molecule has 0 unspecified atom stereocenters. The highest BCUT2D eigenvalue weighted by molar-refractivity contribution is 5.87. The van der Waals surface area contributed by atoms with Crippen LogP contribution in [0.5, 0.6) is 0 Å². The summed E-state index contributed by atoms with van der Waals surface area (Å²) in [4.78, 5) is 22.3. The molecule has 108 valence electrons. The van der Waals surface area contributed by atoms with Crippen molar-refractivity contribution in [3.05, 3.63) is 35.4 Å². The fourth-order valence-electron chi connectivity index (χ4n) is 1.98. The van der Waals surface area contributed by atoms with Crippen molar-refractivity contribution >= 4 is 11.9 Å². The average molecular weight is 283 g/mol. The van der Waals surface area contributed by atoms with Gasteiger partial charge < -0.3 is 10.4 Å². The van der Waals surface area contributed by atoms with Crippen LogP contribution in [0.4, 0.5) is 8.78 Å². The zero-order valence-electron chi connectivity index (χ0n) is 11.0. The molecular weight excluding hydrogens is 268 g/mol. The smallest absolute Gasteiger partial charge is 0.335 e. The molecule has 0 saturated heterocycles. The van der Waals surface area contributed by atoms with Crippen molar-refractivity contribution < 1.29 is 23.5 Å². The van der Waals surface area contributed by atoms with Crippen LogP contribution in [0.2, 0.25) is 0 Å². The molecule has 1 fully saturated rings. The lowest BCUT2D eigenvalue weighted by Crippen LogP contribution is -2.34. The highest BCUT2D eigenvalue weighted by Crippen LogP contribution is 2.60. The van der Waals surface area contributed by atoms with Crippen molar-refractivity contribution in [3.63, 3.8) is 0 Å². The highest BCUT2D eigenvalue weighted by Gasteiger charge is 2.72. The number of aromatic carboxylic acids is 1. The van der Waals surface area contributed by atoms with Gasteiger partial charge in [-0.15, -0.1) is 0 Å². The van der Waals surface area contributed by atoms with E-state index in [1.165, 1.54) is 19.1 Å². The first-order valence-electron chi connectivity index (χ1n) is 6.25. The summed E-state index contributed by atoms with van der Waals surface area (Å²) in [7, 11) is 0. The van der Waals surface area contributed by atoms with Gasteiger partial charge in [-0.05, 0) is 31.0 Å². The Balaban J connectivity index is 1.82. The molecule has 1 atom stereocenters. The lowest BCUT2D eigenvalue weighted by atomic mass is 10.1. The molecule has 4 nitrogen and oxygen atoms in total. The van der Waals surface area contributed by atoms with E-state index in [4.69, 9.17) is 5.11 Å². The highest BCUT2D eigenvalue weighted by atomic mass is 19.3. The van der Waals surface area contributed by atoms with E-state index in [9.17, 15) is 18.4 Å². The van der Waals surface area contributed by atoms with Gasteiger partial charge in [0.25, 0.3) is 5.92 Å². The van der Waals surface area contributed by atoms with E-state index in [2.05, 4.69) is 5.32 Å². The number of benzene rings is 1. The summed E-state index contributed by atoms with van der Waals surface area (Å²) in [6.07, 6.45) is 0.0619. The zero-order valence-corrected chi connectivity index (χ0v) is 11.0. The van der Waals surface area contributed by atoms with Gasteiger partial charge in [-0.25, -0.2) is 13.6 Å². The SMILES string of the molecule is C[C@]1(C(=O)NCCc2ccc(C(=O)O)cc2)CC1(F)F. The second kappa shape index (κ2) is 4.85. The minimum atomic E-state index is -2.90. The number of nitrogens with one attached hydrogen (secondary N) is 1. The molecule has 2 N–H and O–H groups in total. The summed E-state index contributed by atoms with van der Waals surface area (Å²) in [5, 5.41) is 11.2. The van der Waals surface area contributed by atoms with Gasteiger partial charge >= 0.3 is 5.97 Å². The maximum Gasteiger partial charge on any atom is 0.335 e. The molecular formula is C14H15F2NO3. The zero-order chi connectivity index (χ0) is 15.0. The van der Waals surface area contributed by atoms with Gasteiger partial charge in [0.15, 0.2) is 0 Å². The van der Waals surface area contributed by atoms with Gasteiger partial charge in [0.2, 0.25) is 5.91 Å². The van der Waals surface area contributed by atoms with Crippen LogP contribution in [0.25, 0.3) is 0 Å². The Morgan fingerprint density at radius 2 is 1.85 bits per heavy atom. The first kappa shape index (κ1) is 14.4. The number of carboxylic acids is 1. The van der Waals surface area contributed by atoms with Crippen LogP contribution >= 0.6 is 0 Å². The lowest BCUT2D eigenvalue weighted by molar-refractivity contribution is -0.129. The number of carboxylic acid groups (broad SMARTS) is 1. The minimum Gasteiger partial charge on any atom is -0.478 e. The molecule has 20 heavy (non-hydrogen) atoms. The molecule has 1 amide bonds. The van der Waals surface area contributed by atoms with Crippen molar-refractivity contribution in [3.8, 4) is 0 Å². The third-order valence-electron chi connectivity index (χ3n) is 3.66. The van der Waals surface area contributed by atoms with Crippen LogP contribution in [-0.4, -0.2) is 29.5 Å². The first-order valence-corrected chi connectivity index (χ1v) is 6.25. The molecule has 2 rings (SSSR count). The Morgan fingerprint density at radius 3 is 2.30 bits per heavy atom. The van der Waals surface area contributed by atoms with Crippen LogP contribution in [-0.2, 0) is 11.2 Å². The van der Waals surface area contributed by atoms with E-state index in [-0.39, 0.29) is 12.1 Å². The molecule has 0 aliphatic heterocycles. The van der Waals surface area contributed by atoms with Gasteiger partial charge in [-0.1, -0.05) is 12.1 Å². The quantitative estimate of drug-likeness (QED) is 0.869. The van der Waals surface area contributed by atoms with Gasteiger partial charge in [-0.2, -0.15) is 0 Å². The predicted molar refractivity (Wildman–Crippen MR) is 67.8 cm³/mol. The largest absolute Gasteiger partial charge is 0.478 e. The molecule has 0 bridgehead atoms. The molecule has 1 saturated carbocycles. The summed E-state index contributed by atoms with van der Waals surface area (Å²) in [5.41, 5.74) is -0.550. The Labute approximate surface area is 114 Å². The maximum atomic E-state index is 13.0. The van der Waals surface area contributed by atoms with E-state index < -0.39 is 29.6 Å². The van der Waals surface area contributed by atoms with E-state index in [0.717, 1.165) is 5.56 Å². The van der Waals surface area contributed by atoms with Gasteiger partial charge in [-0.3, -0.25) is 4.79 Å². The number of hydrogen-bond donors (Lipinski definition) is 2. The van der Waals surface area contributed by atoms with Crippen LogP contribution in [0, 0.1) is 5.41 Å². The normalized spacial score (nSPS) is 23.1. The molecule has 0 heterocycles. The Hall–Kier alpha value is -1.98. The van der Waals surface area contributed by atoms with Gasteiger partial charge in [0, 0.05) is 13.0 Å². The number of alkyl halides is 2. The van der Waals surface area contributed by atoms with Crippen LogP contribution in [0.1, 0.15) is 29.3 Å².